The lowest BCUT2D eigenvalue weighted by molar-refractivity contribution is -0.152. The van der Waals surface area contributed by atoms with Gasteiger partial charge in [0.25, 0.3) is 5.56 Å². The fourth-order valence-electron chi connectivity index (χ4n) is 5.49. The molecule has 2 saturated carbocycles. The average molecular weight is 589 g/mol. The van der Waals surface area contributed by atoms with Gasteiger partial charge in [-0.2, -0.15) is 10.3 Å². The third-order valence-corrected chi connectivity index (χ3v) is 9.57. The first-order chi connectivity index (χ1) is 19.5. The summed E-state index contributed by atoms with van der Waals surface area (Å²) in [7, 11) is -4.30. The molecule has 0 bridgehead atoms. The highest BCUT2D eigenvalue weighted by Gasteiger charge is 2.75. The van der Waals surface area contributed by atoms with Gasteiger partial charge >= 0.3 is 19.4 Å². The Bertz CT molecular complexity index is 1480. The van der Waals surface area contributed by atoms with E-state index < -0.39 is 60.5 Å². The predicted octanol–water partition coefficient (Wildman–Crippen LogP) is 2.52. The average Bonchev–Trinajstić information content (AvgIpc) is 3.58. The molecular weight excluding hydrogens is 555 g/mol. The molecule has 220 valence electrons. The van der Waals surface area contributed by atoms with Gasteiger partial charge in [0.05, 0.1) is 6.07 Å². The molecule has 1 aromatic carbocycles. The Labute approximate surface area is 236 Å². The van der Waals surface area contributed by atoms with Crippen LogP contribution in [0.1, 0.15) is 58.6 Å². The number of H-pyrrole nitrogens is 1. The first kappa shape index (κ1) is 29.2. The number of nitrogens with one attached hydrogen (secondary N) is 2. The van der Waals surface area contributed by atoms with Crippen LogP contribution in [0.5, 0.6) is 5.75 Å². The second-order valence-corrected chi connectivity index (χ2v) is 12.6. The fourth-order valence-corrected chi connectivity index (χ4v) is 7.21. The molecule has 5 rings (SSSR count). The number of carbonyl (C=O) groups is 1. The number of aliphatic hydroxyl groups excluding tert-OH is 1. The van der Waals surface area contributed by atoms with Gasteiger partial charge in [0.2, 0.25) is 0 Å². The maximum atomic E-state index is 14.1. The molecule has 3 fully saturated rings. The van der Waals surface area contributed by atoms with Crippen LogP contribution in [-0.4, -0.2) is 50.6 Å². The summed E-state index contributed by atoms with van der Waals surface area (Å²) in [5, 5.41) is 23.9. The minimum absolute atomic E-state index is 0.0186. The highest BCUT2D eigenvalue weighted by molar-refractivity contribution is 7.52. The van der Waals surface area contributed by atoms with E-state index in [4.69, 9.17) is 18.5 Å². The number of benzene rings is 1. The molecule has 1 saturated heterocycles. The number of hydrogen-bond acceptors (Lipinski definition) is 10. The van der Waals surface area contributed by atoms with Crippen molar-refractivity contribution in [2.75, 3.05) is 0 Å². The lowest BCUT2D eigenvalue weighted by Crippen LogP contribution is -2.41. The van der Waals surface area contributed by atoms with Crippen molar-refractivity contribution in [3.05, 3.63) is 63.4 Å². The van der Waals surface area contributed by atoms with Gasteiger partial charge in [-0.15, -0.1) is 0 Å². The molecule has 3 N–H and O–H groups in total. The van der Waals surface area contributed by atoms with Crippen molar-refractivity contribution in [1.82, 2.24) is 14.6 Å². The van der Waals surface area contributed by atoms with E-state index in [9.17, 15) is 29.3 Å². The van der Waals surface area contributed by atoms with E-state index >= 15 is 0 Å². The van der Waals surface area contributed by atoms with E-state index in [2.05, 4.69) is 10.1 Å². The van der Waals surface area contributed by atoms with Crippen molar-refractivity contribution in [2.24, 2.45) is 5.41 Å². The summed E-state index contributed by atoms with van der Waals surface area (Å²) < 4.78 is 38.5. The Kier molecular flexibility index (Phi) is 7.98. The van der Waals surface area contributed by atoms with Crippen molar-refractivity contribution in [2.45, 2.75) is 88.6 Å². The van der Waals surface area contributed by atoms with Gasteiger partial charge in [-0.05, 0) is 51.7 Å². The number of ether oxygens (including phenoxy) is 2. The van der Waals surface area contributed by atoms with E-state index in [0.717, 1.165) is 42.7 Å². The number of aliphatic hydroxyl groups is 1. The van der Waals surface area contributed by atoms with Gasteiger partial charge in [0.15, 0.2) is 6.23 Å². The second kappa shape index (κ2) is 11.2. The molecule has 2 aromatic rings. The van der Waals surface area contributed by atoms with Crippen molar-refractivity contribution >= 4 is 13.7 Å². The van der Waals surface area contributed by atoms with Gasteiger partial charge < -0.3 is 19.1 Å². The van der Waals surface area contributed by atoms with Crippen molar-refractivity contribution in [1.29, 1.82) is 5.26 Å². The topological polar surface area (TPSA) is 182 Å². The molecule has 14 heteroatoms. The minimum Gasteiger partial charge on any atom is -0.461 e. The van der Waals surface area contributed by atoms with Gasteiger partial charge in [-0.25, -0.2) is 9.36 Å². The van der Waals surface area contributed by atoms with Crippen LogP contribution in [0.2, 0.25) is 0 Å². The predicted molar refractivity (Wildman–Crippen MR) is 144 cm³/mol. The Balaban J connectivity index is 1.37. The SMILES string of the molecule is C[C@H](NP(=O)(Oc1ccccc1)O[C@@H]1CC12O[C@@H](n1ccc(=O)[nH]c1=O)[C@](C)(C#N)[C@@H]2O)C(=O)OC1CCCCC1. The van der Waals surface area contributed by atoms with Crippen LogP contribution < -0.4 is 20.9 Å². The third-order valence-electron chi connectivity index (χ3n) is 7.88. The van der Waals surface area contributed by atoms with Crippen molar-refractivity contribution in [3.8, 4) is 11.8 Å². The molecule has 7 atom stereocenters. The first-order valence-corrected chi connectivity index (χ1v) is 15.1. The van der Waals surface area contributed by atoms with Gasteiger partial charge in [-0.1, -0.05) is 24.6 Å². The van der Waals surface area contributed by atoms with E-state index in [0.29, 0.717) is 0 Å². The second-order valence-electron chi connectivity index (χ2n) is 11.0. The lowest BCUT2D eigenvalue weighted by Gasteiger charge is -2.27. The smallest absolute Gasteiger partial charge is 0.459 e. The molecule has 2 unspecified atom stereocenters. The molecule has 1 spiro atoms. The molecule has 41 heavy (non-hydrogen) atoms. The zero-order chi connectivity index (χ0) is 29.4. The quantitative estimate of drug-likeness (QED) is 0.289. The van der Waals surface area contributed by atoms with Gasteiger partial charge in [0, 0.05) is 18.7 Å². The number of carbonyl (C=O) groups excluding carboxylic acids is 1. The van der Waals surface area contributed by atoms with E-state index in [-0.39, 0.29) is 18.3 Å². The summed E-state index contributed by atoms with van der Waals surface area (Å²) in [5.41, 5.74) is -4.59. The molecular formula is C27H33N4O9P. The number of rotatable bonds is 9. The van der Waals surface area contributed by atoms with E-state index in [1.165, 1.54) is 20.0 Å². The van der Waals surface area contributed by atoms with Crippen LogP contribution in [0.25, 0.3) is 0 Å². The lowest BCUT2D eigenvalue weighted by atomic mass is 9.83. The molecule has 3 aliphatic rings. The zero-order valence-corrected chi connectivity index (χ0v) is 23.6. The summed E-state index contributed by atoms with van der Waals surface area (Å²) >= 11 is 0. The first-order valence-electron chi connectivity index (χ1n) is 13.6. The highest BCUT2D eigenvalue weighted by atomic mass is 31.2. The van der Waals surface area contributed by atoms with Crippen molar-refractivity contribution < 1.29 is 33.0 Å². The largest absolute Gasteiger partial charge is 0.461 e. The Morgan fingerprint density at radius 2 is 1.95 bits per heavy atom. The summed E-state index contributed by atoms with van der Waals surface area (Å²) in [6.07, 6.45) is 1.78. The molecule has 2 heterocycles. The maximum Gasteiger partial charge on any atom is 0.459 e. The number of aromatic amines is 1. The summed E-state index contributed by atoms with van der Waals surface area (Å²) in [6, 6.07) is 10.3. The minimum atomic E-state index is -4.30. The van der Waals surface area contributed by atoms with Crippen LogP contribution in [0.4, 0.5) is 0 Å². The highest BCUT2D eigenvalue weighted by Crippen LogP contribution is 2.64. The summed E-state index contributed by atoms with van der Waals surface area (Å²) in [4.78, 5) is 39.0. The third kappa shape index (κ3) is 5.76. The zero-order valence-electron chi connectivity index (χ0n) is 22.7. The van der Waals surface area contributed by atoms with Gasteiger partial charge in [0.1, 0.15) is 41.1 Å². The number of esters is 1. The summed E-state index contributed by atoms with van der Waals surface area (Å²) in [5.74, 6) is -0.395. The molecule has 1 aromatic heterocycles. The maximum absolute atomic E-state index is 14.1. The standard InChI is InChI=1S/C27H33N4O9P/c1-17(22(33)37-18-9-5-3-6-10-18)30-41(36,39-19-11-7-4-8-12-19)40-20-15-27(20)23(34)26(2,16-28)24(38-27)31-14-13-21(32)29-25(31)35/h4,7-8,11-14,17-18,20,23-24,34H,3,5-6,9-10,15H2,1-2H3,(H,30,36)(H,29,32,35)/t17-,20+,23-,24+,26+,27?,41?/m0/s1. The van der Waals surface area contributed by atoms with Crippen LogP contribution in [0, 0.1) is 16.7 Å². The number of para-hydroxylation sites is 1. The fraction of sp³-hybridized carbons (Fsp3) is 0.556. The Morgan fingerprint density at radius 1 is 1.24 bits per heavy atom. The molecule has 13 nitrogen and oxygen atoms in total. The van der Waals surface area contributed by atoms with Crippen LogP contribution >= 0.6 is 7.75 Å². The normalized spacial score (nSPS) is 31.6. The molecule has 2 aliphatic carbocycles. The van der Waals surface area contributed by atoms with Crippen molar-refractivity contribution in [3.63, 3.8) is 0 Å². The number of nitriles is 1. The molecule has 1 aliphatic heterocycles. The monoisotopic (exact) mass is 588 g/mol. The summed E-state index contributed by atoms with van der Waals surface area (Å²) in [6.45, 7) is 2.91. The van der Waals surface area contributed by atoms with Gasteiger partial charge in [-0.3, -0.25) is 23.7 Å². The van der Waals surface area contributed by atoms with Crippen LogP contribution in [0.15, 0.2) is 52.2 Å². The van der Waals surface area contributed by atoms with E-state index in [1.54, 1.807) is 30.3 Å². The van der Waals surface area contributed by atoms with E-state index in [1.807, 2.05) is 6.07 Å². The Hall–Kier alpha value is -3.27. The molecule has 0 amide bonds. The van der Waals surface area contributed by atoms with Crippen LogP contribution in [-0.2, 0) is 23.4 Å². The number of aromatic nitrogens is 2. The number of nitrogens with zero attached hydrogens (tertiary/aromatic N) is 2. The van der Waals surface area contributed by atoms with Crippen LogP contribution in [0.3, 0.4) is 0 Å². The molecule has 0 radical (unpaired) electrons. The Morgan fingerprint density at radius 3 is 2.61 bits per heavy atom. The number of hydrogen-bond donors (Lipinski definition) is 3.